The molecule has 0 bridgehead atoms. The molecule has 0 N–H and O–H groups in total. The molecular formula is C13H16N4O2S. The van der Waals surface area contributed by atoms with Crippen LogP contribution in [0.3, 0.4) is 0 Å². The van der Waals surface area contributed by atoms with Gasteiger partial charge in [-0.3, -0.25) is 9.78 Å². The smallest absolute Gasteiger partial charge is 0.265 e. The van der Waals surface area contributed by atoms with E-state index >= 15 is 0 Å². The summed E-state index contributed by atoms with van der Waals surface area (Å²) >= 11 is 1.37. The molecule has 1 saturated heterocycles. The summed E-state index contributed by atoms with van der Waals surface area (Å²) < 4.78 is 7.73. The van der Waals surface area contributed by atoms with Gasteiger partial charge in [0.1, 0.15) is 16.8 Å². The maximum atomic E-state index is 12.3. The Hall–Kier alpha value is -1.73. The first kappa shape index (κ1) is 13.3. The minimum atomic E-state index is -0.167. The lowest BCUT2D eigenvalue weighted by molar-refractivity contribution is -0.0278. The van der Waals surface area contributed by atoms with E-state index in [9.17, 15) is 4.79 Å². The van der Waals surface area contributed by atoms with Crippen LogP contribution in [0.15, 0.2) is 17.9 Å². The standard InChI is InChI=1S/C13H16N4O2S/c1-9-6-16(2)12(15-9)10-7-17(3-4-19-10)13(18)11-5-14-8-20-11/h5-6,8,10H,3-4,7H2,1-2H3/t10-/m1/s1. The van der Waals surface area contributed by atoms with E-state index in [4.69, 9.17) is 4.74 Å². The molecule has 2 aromatic heterocycles. The van der Waals surface area contributed by atoms with Gasteiger partial charge in [-0.2, -0.15) is 0 Å². The molecule has 20 heavy (non-hydrogen) atoms. The van der Waals surface area contributed by atoms with Crippen molar-refractivity contribution in [3.8, 4) is 0 Å². The van der Waals surface area contributed by atoms with Crippen LogP contribution < -0.4 is 0 Å². The summed E-state index contributed by atoms with van der Waals surface area (Å²) in [4.78, 5) is 23.3. The highest BCUT2D eigenvalue weighted by Crippen LogP contribution is 2.23. The van der Waals surface area contributed by atoms with Crippen molar-refractivity contribution in [2.75, 3.05) is 19.7 Å². The molecule has 0 radical (unpaired) electrons. The second-order valence-corrected chi connectivity index (χ2v) is 5.71. The number of carbonyl (C=O) groups excluding carboxylic acids is 1. The summed E-state index contributed by atoms with van der Waals surface area (Å²) in [6.07, 6.45) is 3.41. The van der Waals surface area contributed by atoms with Gasteiger partial charge in [-0.25, -0.2) is 4.98 Å². The first-order valence-electron chi connectivity index (χ1n) is 6.44. The number of morpholine rings is 1. The van der Waals surface area contributed by atoms with Crippen molar-refractivity contribution in [1.82, 2.24) is 19.4 Å². The fourth-order valence-electron chi connectivity index (χ4n) is 2.40. The van der Waals surface area contributed by atoms with Crippen molar-refractivity contribution in [2.45, 2.75) is 13.0 Å². The Balaban J connectivity index is 1.77. The number of aryl methyl sites for hydroxylation is 2. The maximum Gasteiger partial charge on any atom is 0.265 e. The number of amides is 1. The quantitative estimate of drug-likeness (QED) is 0.839. The van der Waals surface area contributed by atoms with E-state index in [-0.39, 0.29) is 12.0 Å². The van der Waals surface area contributed by atoms with Gasteiger partial charge in [0.25, 0.3) is 5.91 Å². The summed E-state index contributed by atoms with van der Waals surface area (Å²) in [6, 6.07) is 0. The molecule has 1 aliphatic heterocycles. The highest BCUT2D eigenvalue weighted by molar-refractivity contribution is 7.11. The monoisotopic (exact) mass is 292 g/mol. The predicted molar refractivity (Wildman–Crippen MR) is 74.7 cm³/mol. The number of ether oxygens (including phenoxy) is 1. The van der Waals surface area contributed by atoms with Crippen molar-refractivity contribution in [1.29, 1.82) is 0 Å². The zero-order valence-electron chi connectivity index (χ0n) is 11.4. The van der Waals surface area contributed by atoms with Gasteiger partial charge in [0.2, 0.25) is 0 Å². The molecule has 1 atom stereocenters. The molecule has 0 unspecified atom stereocenters. The van der Waals surface area contributed by atoms with E-state index in [0.29, 0.717) is 24.6 Å². The van der Waals surface area contributed by atoms with Crippen molar-refractivity contribution in [2.24, 2.45) is 7.05 Å². The summed E-state index contributed by atoms with van der Waals surface area (Å²) in [5, 5.41) is 0. The summed E-state index contributed by atoms with van der Waals surface area (Å²) in [5.41, 5.74) is 2.63. The molecule has 2 aromatic rings. The highest BCUT2D eigenvalue weighted by Gasteiger charge is 2.29. The SMILES string of the molecule is Cc1cn(C)c([C@H]2CN(C(=O)c3cncs3)CCO2)n1. The number of thiazole rings is 1. The van der Waals surface area contributed by atoms with E-state index < -0.39 is 0 Å². The Bertz CT molecular complexity index is 608. The lowest BCUT2D eigenvalue weighted by Crippen LogP contribution is -2.42. The Morgan fingerprint density at radius 2 is 2.40 bits per heavy atom. The van der Waals surface area contributed by atoms with Crippen LogP contribution in [0.1, 0.15) is 27.3 Å². The number of imidazole rings is 1. The van der Waals surface area contributed by atoms with Crippen LogP contribution in [0.2, 0.25) is 0 Å². The zero-order chi connectivity index (χ0) is 14.1. The number of aromatic nitrogens is 3. The maximum absolute atomic E-state index is 12.3. The molecule has 1 fully saturated rings. The largest absolute Gasteiger partial charge is 0.367 e. The predicted octanol–water partition coefficient (Wildman–Crippen LogP) is 1.40. The average molecular weight is 292 g/mol. The van der Waals surface area contributed by atoms with Gasteiger partial charge in [0.05, 0.1) is 30.6 Å². The topological polar surface area (TPSA) is 60.2 Å². The Labute approximate surface area is 121 Å². The van der Waals surface area contributed by atoms with Crippen molar-refractivity contribution < 1.29 is 9.53 Å². The Kier molecular flexibility index (Phi) is 3.54. The van der Waals surface area contributed by atoms with E-state index in [2.05, 4.69) is 9.97 Å². The molecule has 6 nitrogen and oxygen atoms in total. The Morgan fingerprint density at radius 3 is 3.05 bits per heavy atom. The molecule has 0 aromatic carbocycles. The molecule has 106 valence electrons. The average Bonchev–Trinajstić information content (AvgIpc) is 3.08. The summed E-state index contributed by atoms with van der Waals surface area (Å²) in [5.74, 6) is 0.885. The van der Waals surface area contributed by atoms with E-state index in [0.717, 1.165) is 11.5 Å². The second-order valence-electron chi connectivity index (χ2n) is 4.83. The number of carbonyl (C=O) groups is 1. The first-order valence-corrected chi connectivity index (χ1v) is 7.32. The highest BCUT2D eigenvalue weighted by atomic mass is 32.1. The van der Waals surface area contributed by atoms with Crippen LogP contribution in [0.4, 0.5) is 0 Å². The van der Waals surface area contributed by atoms with Crippen LogP contribution in [-0.2, 0) is 11.8 Å². The van der Waals surface area contributed by atoms with Gasteiger partial charge in [-0.05, 0) is 6.92 Å². The van der Waals surface area contributed by atoms with Crippen molar-refractivity contribution in [3.63, 3.8) is 0 Å². The second kappa shape index (κ2) is 5.34. The van der Waals surface area contributed by atoms with Gasteiger partial charge in [-0.15, -0.1) is 11.3 Å². The van der Waals surface area contributed by atoms with E-state index in [1.165, 1.54) is 11.3 Å². The fraction of sp³-hybridized carbons (Fsp3) is 0.462. The minimum Gasteiger partial charge on any atom is -0.367 e. The normalized spacial score (nSPS) is 19.3. The number of hydrogen-bond acceptors (Lipinski definition) is 5. The third kappa shape index (κ3) is 2.46. The van der Waals surface area contributed by atoms with Gasteiger partial charge >= 0.3 is 0 Å². The lowest BCUT2D eigenvalue weighted by atomic mass is 10.2. The van der Waals surface area contributed by atoms with E-state index in [1.807, 2.05) is 29.6 Å². The molecule has 0 spiro atoms. The third-order valence-electron chi connectivity index (χ3n) is 3.32. The molecule has 0 aliphatic carbocycles. The minimum absolute atomic E-state index is 0.0201. The fourth-order valence-corrected chi connectivity index (χ4v) is 2.99. The van der Waals surface area contributed by atoms with Crippen LogP contribution >= 0.6 is 11.3 Å². The third-order valence-corrected chi connectivity index (χ3v) is 4.08. The van der Waals surface area contributed by atoms with E-state index in [1.54, 1.807) is 11.7 Å². The first-order chi connectivity index (χ1) is 9.65. The number of rotatable bonds is 2. The van der Waals surface area contributed by atoms with Crippen LogP contribution in [-0.4, -0.2) is 45.0 Å². The van der Waals surface area contributed by atoms with Crippen molar-refractivity contribution >= 4 is 17.2 Å². The van der Waals surface area contributed by atoms with Gasteiger partial charge in [0, 0.05) is 19.8 Å². The molecule has 3 rings (SSSR count). The van der Waals surface area contributed by atoms with Crippen molar-refractivity contribution in [3.05, 3.63) is 34.3 Å². The lowest BCUT2D eigenvalue weighted by Gasteiger charge is -2.32. The summed E-state index contributed by atoms with van der Waals surface area (Å²) in [6.45, 7) is 3.62. The molecule has 7 heteroatoms. The molecule has 1 amide bonds. The van der Waals surface area contributed by atoms with Gasteiger partial charge in [0.15, 0.2) is 0 Å². The number of hydrogen-bond donors (Lipinski definition) is 0. The van der Waals surface area contributed by atoms with Gasteiger partial charge < -0.3 is 14.2 Å². The van der Waals surface area contributed by atoms with Gasteiger partial charge in [-0.1, -0.05) is 0 Å². The molecular weight excluding hydrogens is 276 g/mol. The van der Waals surface area contributed by atoms with Crippen LogP contribution in [0, 0.1) is 6.92 Å². The summed E-state index contributed by atoms with van der Waals surface area (Å²) in [7, 11) is 1.95. The molecule has 0 saturated carbocycles. The van der Waals surface area contributed by atoms with Crippen LogP contribution in [0.25, 0.3) is 0 Å². The molecule has 1 aliphatic rings. The Morgan fingerprint density at radius 1 is 1.55 bits per heavy atom. The zero-order valence-corrected chi connectivity index (χ0v) is 12.3. The number of nitrogens with zero attached hydrogens (tertiary/aromatic N) is 4. The van der Waals surface area contributed by atoms with Crippen LogP contribution in [0.5, 0.6) is 0 Å². The molecule has 3 heterocycles.